The zero-order valence-electron chi connectivity index (χ0n) is 9.19. The van der Waals surface area contributed by atoms with Crippen molar-refractivity contribution in [3.8, 4) is 11.4 Å². The molecule has 1 aliphatic rings. The van der Waals surface area contributed by atoms with Gasteiger partial charge >= 0.3 is 0 Å². The summed E-state index contributed by atoms with van der Waals surface area (Å²) in [6, 6.07) is 8.48. The highest BCUT2D eigenvalue weighted by Crippen LogP contribution is 2.25. The summed E-state index contributed by atoms with van der Waals surface area (Å²) < 4.78 is 0. The van der Waals surface area contributed by atoms with Gasteiger partial charge in [0.25, 0.3) is 0 Å². The first-order valence-corrected chi connectivity index (χ1v) is 5.83. The molecule has 0 bridgehead atoms. The summed E-state index contributed by atoms with van der Waals surface area (Å²) in [6.07, 6.45) is 8.66. The molecule has 0 saturated heterocycles. The maximum absolute atomic E-state index is 4.29. The molecule has 0 atom stereocenters. The number of nitrogens with zero attached hydrogens (tertiary/aromatic N) is 2. The van der Waals surface area contributed by atoms with Gasteiger partial charge in [-0.2, -0.15) is 0 Å². The van der Waals surface area contributed by atoms with E-state index in [0.29, 0.717) is 0 Å². The van der Waals surface area contributed by atoms with Crippen molar-refractivity contribution in [1.29, 1.82) is 0 Å². The second-order valence-corrected chi connectivity index (χ2v) is 4.26. The molecule has 2 aromatic rings. The summed E-state index contributed by atoms with van der Waals surface area (Å²) in [6.45, 7) is 0. The third-order valence-electron chi connectivity index (χ3n) is 3.17. The van der Waals surface area contributed by atoms with E-state index in [-0.39, 0.29) is 0 Å². The second kappa shape index (κ2) is 4.05. The molecular formula is C14H14N2. The van der Waals surface area contributed by atoms with Gasteiger partial charge in [-0.15, -0.1) is 0 Å². The first kappa shape index (κ1) is 9.52. The highest BCUT2D eigenvalue weighted by atomic mass is 14.8. The Morgan fingerprint density at radius 3 is 2.44 bits per heavy atom. The molecule has 0 amide bonds. The Morgan fingerprint density at radius 1 is 0.875 bits per heavy atom. The van der Waals surface area contributed by atoms with E-state index in [1.807, 2.05) is 6.07 Å². The van der Waals surface area contributed by atoms with E-state index >= 15 is 0 Å². The molecule has 0 aliphatic heterocycles. The van der Waals surface area contributed by atoms with Gasteiger partial charge in [0, 0.05) is 18.0 Å². The van der Waals surface area contributed by atoms with Crippen molar-refractivity contribution >= 4 is 0 Å². The lowest BCUT2D eigenvalue weighted by Crippen LogP contribution is -2.02. The molecule has 1 heterocycles. The molecule has 2 heteroatoms. The van der Waals surface area contributed by atoms with Crippen LogP contribution in [0, 0.1) is 0 Å². The lowest BCUT2D eigenvalue weighted by Gasteiger charge is -2.16. The lowest BCUT2D eigenvalue weighted by molar-refractivity contribution is 0.686. The largest absolute Gasteiger partial charge is 0.237 e. The highest BCUT2D eigenvalue weighted by molar-refractivity contribution is 5.57. The van der Waals surface area contributed by atoms with Gasteiger partial charge in [-0.3, -0.25) is 0 Å². The first-order valence-electron chi connectivity index (χ1n) is 5.83. The fourth-order valence-electron chi connectivity index (χ4n) is 2.32. The Bertz CT molecular complexity index is 491. The zero-order valence-corrected chi connectivity index (χ0v) is 9.19. The van der Waals surface area contributed by atoms with Gasteiger partial charge in [0.05, 0.1) is 0 Å². The van der Waals surface area contributed by atoms with Crippen LogP contribution in [-0.4, -0.2) is 9.97 Å². The minimum absolute atomic E-state index is 0.830. The number of aromatic nitrogens is 2. The summed E-state index contributed by atoms with van der Waals surface area (Å²) in [5, 5.41) is 0. The van der Waals surface area contributed by atoms with Gasteiger partial charge in [0.15, 0.2) is 5.82 Å². The van der Waals surface area contributed by atoms with E-state index in [1.54, 1.807) is 12.4 Å². The van der Waals surface area contributed by atoms with E-state index in [4.69, 9.17) is 0 Å². The molecule has 2 nitrogen and oxygen atoms in total. The summed E-state index contributed by atoms with van der Waals surface area (Å²) >= 11 is 0. The molecule has 0 fully saturated rings. The SMILES string of the molecule is c1cnc(-c2ccc3c(c2)CCCC3)nc1. The quantitative estimate of drug-likeness (QED) is 0.723. The van der Waals surface area contributed by atoms with Gasteiger partial charge in [-0.1, -0.05) is 12.1 Å². The minimum atomic E-state index is 0.830. The van der Waals surface area contributed by atoms with Crippen LogP contribution in [0.4, 0.5) is 0 Å². The molecular weight excluding hydrogens is 196 g/mol. The predicted molar refractivity (Wildman–Crippen MR) is 64.1 cm³/mol. The van der Waals surface area contributed by atoms with Crippen LogP contribution in [-0.2, 0) is 12.8 Å². The van der Waals surface area contributed by atoms with Crippen molar-refractivity contribution in [3.05, 3.63) is 47.8 Å². The molecule has 1 aliphatic carbocycles. The van der Waals surface area contributed by atoms with Crippen LogP contribution < -0.4 is 0 Å². The van der Waals surface area contributed by atoms with Crippen LogP contribution in [0.3, 0.4) is 0 Å². The molecule has 3 rings (SSSR count). The molecule has 0 radical (unpaired) electrons. The third kappa shape index (κ3) is 1.71. The van der Waals surface area contributed by atoms with Crippen LogP contribution >= 0.6 is 0 Å². The van der Waals surface area contributed by atoms with Gasteiger partial charge in [-0.05, 0) is 48.9 Å². The number of fused-ring (bicyclic) bond motifs is 1. The summed E-state index contributed by atoms with van der Waals surface area (Å²) in [5.41, 5.74) is 4.13. The molecule has 0 saturated carbocycles. The number of hydrogen-bond acceptors (Lipinski definition) is 2. The first-order chi connectivity index (χ1) is 7.93. The fraction of sp³-hybridized carbons (Fsp3) is 0.286. The standard InChI is InChI=1S/C14H14N2/c1-2-5-12-10-13(7-6-11(12)4-1)14-15-8-3-9-16-14/h3,6-10H,1-2,4-5H2. The number of benzene rings is 1. The Kier molecular flexibility index (Phi) is 2.41. The van der Waals surface area contributed by atoms with Crippen LogP contribution in [0.2, 0.25) is 0 Å². The van der Waals surface area contributed by atoms with E-state index in [1.165, 1.54) is 36.8 Å². The normalized spacial score (nSPS) is 14.5. The summed E-state index contributed by atoms with van der Waals surface area (Å²) in [7, 11) is 0. The minimum Gasteiger partial charge on any atom is -0.237 e. The van der Waals surface area contributed by atoms with Crippen LogP contribution in [0.5, 0.6) is 0 Å². The van der Waals surface area contributed by atoms with Crippen molar-refractivity contribution in [3.63, 3.8) is 0 Å². The monoisotopic (exact) mass is 210 g/mol. The molecule has 0 spiro atoms. The van der Waals surface area contributed by atoms with Crippen molar-refractivity contribution in [1.82, 2.24) is 9.97 Å². The number of hydrogen-bond donors (Lipinski definition) is 0. The summed E-state index contributed by atoms with van der Waals surface area (Å²) in [5.74, 6) is 0.830. The second-order valence-electron chi connectivity index (χ2n) is 4.26. The summed E-state index contributed by atoms with van der Waals surface area (Å²) in [4.78, 5) is 8.57. The van der Waals surface area contributed by atoms with Gasteiger partial charge in [0.1, 0.15) is 0 Å². The Labute approximate surface area is 95.4 Å². The van der Waals surface area contributed by atoms with Crippen LogP contribution in [0.25, 0.3) is 11.4 Å². The van der Waals surface area contributed by atoms with E-state index < -0.39 is 0 Å². The third-order valence-corrected chi connectivity index (χ3v) is 3.17. The molecule has 1 aromatic heterocycles. The Balaban J connectivity index is 2.03. The lowest BCUT2D eigenvalue weighted by atomic mass is 9.90. The average molecular weight is 210 g/mol. The number of aryl methyl sites for hydroxylation is 2. The Morgan fingerprint density at radius 2 is 1.62 bits per heavy atom. The fourth-order valence-corrected chi connectivity index (χ4v) is 2.32. The predicted octanol–water partition coefficient (Wildman–Crippen LogP) is 3.02. The van der Waals surface area contributed by atoms with Crippen molar-refractivity contribution < 1.29 is 0 Å². The van der Waals surface area contributed by atoms with Gasteiger partial charge in [0.2, 0.25) is 0 Å². The molecule has 0 unspecified atom stereocenters. The van der Waals surface area contributed by atoms with Crippen LogP contribution in [0.15, 0.2) is 36.7 Å². The van der Waals surface area contributed by atoms with E-state index in [0.717, 1.165) is 11.4 Å². The van der Waals surface area contributed by atoms with Crippen molar-refractivity contribution in [2.24, 2.45) is 0 Å². The van der Waals surface area contributed by atoms with Gasteiger partial charge < -0.3 is 0 Å². The molecule has 1 aromatic carbocycles. The van der Waals surface area contributed by atoms with E-state index in [9.17, 15) is 0 Å². The molecule has 0 N–H and O–H groups in total. The smallest absolute Gasteiger partial charge is 0.159 e. The topological polar surface area (TPSA) is 25.8 Å². The maximum Gasteiger partial charge on any atom is 0.159 e. The van der Waals surface area contributed by atoms with E-state index in [2.05, 4.69) is 28.2 Å². The van der Waals surface area contributed by atoms with Gasteiger partial charge in [-0.25, -0.2) is 9.97 Å². The highest BCUT2D eigenvalue weighted by Gasteiger charge is 2.10. The molecule has 16 heavy (non-hydrogen) atoms. The van der Waals surface area contributed by atoms with Crippen molar-refractivity contribution in [2.75, 3.05) is 0 Å². The zero-order chi connectivity index (χ0) is 10.8. The average Bonchev–Trinajstić information content (AvgIpc) is 2.39. The van der Waals surface area contributed by atoms with Crippen LogP contribution in [0.1, 0.15) is 24.0 Å². The maximum atomic E-state index is 4.29. The Hall–Kier alpha value is -1.70. The molecule has 80 valence electrons. The van der Waals surface area contributed by atoms with Crippen molar-refractivity contribution in [2.45, 2.75) is 25.7 Å². The number of rotatable bonds is 1.